The van der Waals surface area contributed by atoms with Crippen molar-refractivity contribution in [3.8, 4) is 11.5 Å². The van der Waals surface area contributed by atoms with Gasteiger partial charge in [0.05, 0.1) is 17.7 Å². The van der Waals surface area contributed by atoms with Gasteiger partial charge in [0, 0.05) is 0 Å². The maximum Gasteiger partial charge on any atom is 0.343 e. The standard InChI is InChI=1S/C34H46O5/c1-3-5-7-8-9-10-12-26-37-30-22-16-28(17-23-30)33(35)39-32-24-18-29(19-25-32)34(36)38-31-20-14-27(15-21-31)13-11-6-4-2/h3,16-19,22-25,27,31H,1,4-15,20-21,26H2,2H3/t27-,31-. The molecular formula is C34H46O5. The van der Waals surface area contributed by atoms with Gasteiger partial charge in [-0.3, -0.25) is 0 Å². The first-order valence-electron chi connectivity index (χ1n) is 15.0. The van der Waals surface area contributed by atoms with Crippen LogP contribution in [0.1, 0.15) is 118 Å². The summed E-state index contributed by atoms with van der Waals surface area (Å²) in [4.78, 5) is 25.2. The number of benzene rings is 2. The molecule has 0 aromatic heterocycles. The van der Waals surface area contributed by atoms with Crippen LogP contribution in [0.25, 0.3) is 0 Å². The second-order valence-corrected chi connectivity index (χ2v) is 10.7. The predicted octanol–water partition coefficient (Wildman–Crippen LogP) is 9.11. The zero-order chi connectivity index (χ0) is 27.7. The van der Waals surface area contributed by atoms with Crippen LogP contribution in [0.3, 0.4) is 0 Å². The van der Waals surface area contributed by atoms with E-state index in [1.807, 2.05) is 6.08 Å². The van der Waals surface area contributed by atoms with Gasteiger partial charge in [0.15, 0.2) is 0 Å². The molecule has 3 rings (SSSR count). The van der Waals surface area contributed by atoms with E-state index in [2.05, 4.69) is 13.5 Å². The molecule has 5 nitrogen and oxygen atoms in total. The van der Waals surface area contributed by atoms with E-state index in [0.717, 1.165) is 56.6 Å². The van der Waals surface area contributed by atoms with E-state index in [1.165, 1.54) is 44.9 Å². The Hall–Kier alpha value is -3.08. The molecule has 1 aliphatic rings. The van der Waals surface area contributed by atoms with Gasteiger partial charge in [-0.1, -0.05) is 57.9 Å². The summed E-state index contributed by atoms with van der Waals surface area (Å²) in [6.45, 7) is 6.65. The van der Waals surface area contributed by atoms with Crippen molar-refractivity contribution in [1.82, 2.24) is 0 Å². The molecule has 212 valence electrons. The Bertz CT molecular complexity index is 987. The van der Waals surface area contributed by atoms with Gasteiger partial charge in [-0.25, -0.2) is 9.59 Å². The molecule has 0 heterocycles. The molecule has 1 saturated carbocycles. The molecule has 0 atom stereocenters. The molecule has 2 aromatic carbocycles. The number of ether oxygens (including phenoxy) is 3. The topological polar surface area (TPSA) is 61.8 Å². The number of carbonyl (C=O) groups excluding carboxylic acids is 2. The van der Waals surface area contributed by atoms with Crippen molar-refractivity contribution in [3.05, 3.63) is 72.3 Å². The lowest BCUT2D eigenvalue weighted by atomic mass is 9.84. The normalized spacial score (nSPS) is 16.8. The summed E-state index contributed by atoms with van der Waals surface area (Å²) < 4.78 is 17.0. The summed E-state index contributed by atoms with van der Waals surface area (Å²) in [6, 6.07) is 13.6. The molecule has 0 N–H and O–H groups in total. The van der Waals surface area contributed by atoms with Gasteiger partial charge in [0.2, 0.25) is 0 Å². The van der Waals surface area contributed by atoms with E-state index < -0.39 is 5.97 Å². The lowest BCUT2D eigenvalue weighted by molar-refractivity contribution is 0.0161. The van der Waals surface area contributed by atoms with Crippen molar-refractivity contribution < 1.29 is 23.8 Å². The van der Waals surface area contributed by atoms with Crippen LogP contribution in [0.4, 0.5) is 0 Å². The molecule has 0 amide bonds. The Morgan fingerprint density at radius 2 is 1.38 bits per heavy atom. The number of unbranched alkanes of at least 4 members (excludes halogenated alkanes) is 7. The highest BCUT2D eigenvalue weighted by Crippen LogP contribution is 2.30. The predicted molar refractivity (Wildman–Crippen MR) is 157 cm³/mol. The average Bonchev–Trinajstić information content (AvgIpc) is 2.96. The second-order valence-electron chi connectivity index (χ2n) is 10.7. The molecule has 2 aromatic rings. The number of hydrogen-bond acceptors (Lipinski definition) is 5. The van der Waals surface area contributed by atoms with E-state index in [1.54, 1.807) is 48.5 Å². The van der Waals surface area contributed by atoms with Crippen LogP contribution in [-0.2, 0) is 4.74 Å². The molecule has 1 aliphatic carbocycles. The van der Waals surface area contributed by atoms with Crippen molar-refractivity contribution in [2.45, 2.75) is 103 Å². The van der Waals surface area contributed by atoms with Crippen molar-refractivity contribution in [1.29, 1.82) is 0 Å². The monoisotopic (exact) mass is 534 g/mol. The van der Waals surface area contributed by atoms with Crippen LogP contribution in [0, 0.1) is 5.92 Å². The van der Waals surface area contributed by atoms with Gasteiger partial charge >= 0.3 is 11.9 Å². The minimum Gasteiger partial charge on any atom is -0.494 e. The molecule has 0 spiro atoms. The highest BCUT2D eigenvalue weighted by atomic mass is 16.5. The number of allylic oxidation sites excluding steroid dienone is 1. The number of rotatable bonds is 17. The first kappa shape index (κ1) is 30.5. The maximum absolute atomic E-state index is 12.6. The van der Waals surface area contributed by atoms with Gasteiger partial charge in [-0.2, -0.15) is 0 Å². The van der Waals surface area contributed by atoms with Crippen LogP contribution in [0.2, 0.25) is 0 Å². The summed E-state index contributed by atoms with van der Waals surface area (Å²) in [5, 5.41) is 0. The zero-order valence-electron chi connectivity index (χ0n) is 23.7. The molecule has 0 saturated heterocycles. The Balaban J connectivity index is 1.36. The van der Waals surface area contributed by atoms with Gasteiger partial charge < -0.3 is 14.2 Å². The fourth-order valence-electron chi connectivity index (χ4n) is 5.06. The van der Waals surface area contributed by atoms with Crippen molar-refractivity contribution in [2.24, 2.45) is 5.92 Å². The fraction of sp³-hybridized carbons (Fsp3) is 0.529. The number of esters is 2. The second kappa shape index (κ2) is 17.5. The molecule has 0 unspecified atom stereocenters. The lowest BCUT2D eigenvalue weighted by Gasteiger charge is -2.28. The third-order valence-electron chi connectivity index (χ3n) is 7.50. The molecule has 5 heteroatoms. The Kier molecular flexibility index (Phi) is 13.7. The van der Waals surface area contributed by atoms with Crippen LogP contribution in [-0.4, -0.2) is 24.6 Å². The summed E-state index contributed by atoms with van der Waals surface area (Å²) >= 11 is 0. The van der Waals surface area contributed by atoms with Gasteiger partial charge in [-0.15, -0.1) is 6.58 Å². The van der Waals surface area contributed by atoms with Crippen LogP contribution < -0.4 is 9.47 Å². The Morgan fingerprint density at radius 1 is 0.769 bits per heavy atom. The Morgan fingerprint density at radius 3 is 2.05 bits per heavy atom. The minimum atomic E-state index is -0.452. The summed E-state index contributed by atoms with van der Waals surface area (Å²) in [7, 11) is 0. The number of hydrogen-bond donors (Lipinski definition) is 0. The van der Waals surface area contributed by atoms with Crippen LogP contribution >= 0.6 is 0 Å². The molecule has 0 bridgehead atoms. The van der Waals surface area contributed by atoms with E-state index in [-0.39, 0.29) is 12.1 Å². The van der Waals surface area contributed by atoms with Gasteiger partial charge in [-0.05, 0) is 99.4 Å². The van der Waals surface area contributed by atoms with Crippen LogP contribution in [0.15, 0.2) is 61.2 Å². The Labute approximate surface area is 234 Å². The van der Waals surface area contributed by atoms with Gasteiger partial charge in [0.1, 0.15) is 17.6 Å². The largest absolute Gasteiger partial charge is 0.494 e. The molecule has 0 radical (unpaired) electrons. The quantitative estimate of drug-likeness (QED) is 0.0876. The summed E-state index contributed by atoms with van der Waals surface area (Å²) in [5.74, 6) is 1.14. The van der Waals surface area contributed by atoms with E-state index in [0.29, 0.717) is 23.5 Å². The smallest absolute Gasteiger partial charge is 0.343 e. The third-order valence-corrected chi connectivity index (χ3v) is 7.50. The van der Waals surface area contributed by atoms with Crippen molar-refractivity contribution in [2.75, 3.05) is 6.61 Å². The van der Waals surface area contributed by atoms with Crippen molar-refractivity contribution in [3.63, 3.8) is 0 Å². The van der Waals surface area contributed by atoms with Crippen molar-refractivity contribution >= 4 is 11.9 Å². The average molecular weight is 535 g/mol. The van der Waals surface area contributed by atoms with Gasteiger partial charge in [0.25, 0.3) is 0 Å². The third kappa shape index (κ3) is 11.3. The van der Waals surface area contributed by atoms with E-state index in [4.69, 9.17) is 14.2 Å². The number of carbonyl (C=O) groups is 2. The highest BCUT2D eigenvalue weighted by molar-refractivity contribution is 5.92. The summed E-state index contributed by atoms with van der Waals surface area (Å²) in [6.07, 6.45) is 18.2. The zero-order valence-corrected chi connectivity index (χ0v) is 23.7. The SMILES string of the molecule is C=CCCCCCCCOc1ccc(C(=O)Oc2ccc(C(=O)O[C@H]3CC[C@H](CCCCC)CC3)cc2)cc1. The molecule has 0 aliphatic heterocycles. The maximum atomic E-state index is 12.6. The first-order chi connectivity index (χ1) is 19.1. The minimum absolute atomic E-state index is 0.00299. The summed E-state index contributed by atoms with van der Waals surface area (Å²) in [5.41, 5.74) is 0.913. The lowest BCUT2D eigenvalue weighted by Crippen LogP contribution is -2.24. The fourth-order valence-corrected chi connectivity index (χ4v) is 5.06. The molecule has 1 fully saturated rings. The molecular weight excluding hydrogens is 488 g/mol. The molecule has 39 heavy (non-hydrogen) atoms. The van der Waals surface area contributed by atoms with E-state index in [9.17, 15) is 9.59 Å². The van der Waals surface area contributed by atoms with E-state index >= 15 is 0 Å². The van der Waals surface area contributed by atoms with Crippen LogP contribution in [0.5, 0.6) is 11.5 Å². The first-order valence-corrected chi connectivity index (χ1v) is 15.0. The highest BCUT2D eigenvalue weighted by Gasteiger charge is 2.24.